The van der Waals surface area contributed by atoms with Crippen molar-refractivity contribution in [2.45, 2.75) is 52.6 Å². The molecule has 0 aliphatic carbocycles. The highest BCUT2D eigenvalue weighted by atomic mass is 16.3. The van der Waals surface area contributed by atoms with Crippen LogP contribution in [-0.4, -0.2) is 29.7 Å². The summed E-state index contributed by atoms with van der Waals surface area (Å²) in [4.78, 5) is 26.2. The maximum absolute atomic E-state index is 12.1. The Morgan fingerprint density at radius 2 is 2.11 bits per heavy atom. The standard InChI is InChI=1S/C23H30N2O3/c1-17-8-10-22(28-17)14-24-23(27)11-9-19-6-4-12-25(15-19)16-20-5-3-7-21(13-20)18(2)26/h3,5,7-8,10,13,19H,4,6,9,11-12,14-16H2,1-2H3,(H,24,27)/t19-/m0/s1. The summed E-state index contributed by atoms with van der Waals surface area (Å²) in [6, 6.07) is 11.7. The smallest absolute Gasteiger partial charge is 0.220 e. The third-order valence-corrected chi connectivity index (χ3v) is 5.38. The summed E-state index contributed by atoms with van der Waals surface area (Å²) in [5.41, 5.74) is 1.95. The first-order valence-electron chi connectivity index (χ1n) is 10.1. The second kappa shape index (κ2) is 9.69. The van der Waals surface area contributed by atoms with Gasteiger partial charge in [-0.25, -0.2) is 0 Å². The van der Waals surface area contributed by atoms with Gasteiger partial charge in [-0.15, -0.1) is 0 Å². The van der Waals surface area contributed by atoms with Crippen molar-refractivity contribution in [3.8, 4) is 0 Å². The van der Waals surface area contributed by atoms with E-state index < -0.39 is 0 Å². The van der Waals surface area contributed by atoms with E-state index in [0.717, 1.165) is 49.6 Å². The van der Waals surface area contributed by atoms with Gasteiger partial charge in [0.1, 0.15) is 11.5 Å². The second-order valence-electron chi connectivity index (χ2n) is 7.83. The van der Waals surface area contributed by atoms with Crippen molar-refractivity contribution in [3.63, 3.8) is 0 Å². The van der Waals surface area contributed by atoms with Crippen molar-refractivity contribution in [2.75, 3.05) is 13.1 Å². The first-order valence-corrected chi connectivity index (χ1v) is 10.1. The van der Waals surface area contributed by atoms with E-state index >= 15 is 0 Å². The van der Waals surface area contributed by atoms with Crippen LogP contribution in [0.2, 0.25) is 0 Å². The van der Waals surface area contributed by atoms with Gasteiger partial charge in [0.25, 0.3) is 0 Å². The zero-order valence-corrected chi connectivity index (χ0v) is 16.9. The van der Waals surface area contributed by atoms with Gasteiger partial charge in [-0.05, 0) is 69.3 Å². The minimum Gasteiger partial charge on any atom is -0.465 e. The molecule has 0 spiro atoms. The molecule has 1 aromatic carbocycles. The summed E-state index contributed by atoms with van der Waals surface area (Å²) < 4.78 is 5.48. The number of rotatable bonds is 8. The van der Waals surface area contributed by atoms with Crippen molar-refractivity contribution in [1.82, 2.24) is 10.2 Å². The first-order chi connectivity index (χ1) is 13.5. The van der Waals surface area contributed by atoms with Crippen LogP contribution in [0.3, 0.4) is 0 Å². The number of furan rings is 1. The Balaban J connectivity index is 1.42. The number of ketones is 1. The Labute approximate surface area is 167 Å². The summed E-state index contributed by atoms with van der Waals surface area (Å²) >= 11 is 0. The largest absolute Gasteiger partial charge is 0.465 e. The lowest BCUT2D eigenvalue weighted by Gasteiger charge is -2.32. The molecule has 1 aliphatic rings. The van der Waals surface area contributed by atoms with Gasteiger partial charge in [-0.2, -0.15) is 0 Å². The number of carbonyl (C=O) groups excluding carboxylic acids is 2. The van der Waals surface area contributed by atoms with Gasteiger partial charge in [0.15, 0.2) is 5.78 Å². The van der Waals surface area contributed by atoms with Crippen LogP contribution in [0, 0.1) is 12.8 Å². The van der Waals surface area contributed by atoms with E-state index in [2.05, 4.69) is 16.3 Å². The van der Waals surface area contributed by atoms with E-state index in [1.54, 1.807) is 6.92 Å². The average molecular weight is 383 g/mol. The predicted octanol–water partition coefficient (Wildman–Crippen LogP) is 4.10. The van der Waals surface area contributed by atoms with Crippen molar-refractivity contribution >= 4 is 11.7 Å². The van der Waals surface area contributed by atoms with E-state index in [1.165, 1.54) is 12.0 Å². The Kier molecular flexibility index (Phi) is 7.04. The lowest BCUT2D eigenvalue weighted by Crippen LogP contribution is -2.35. The maximum Gasteiger partial charge on any atom is 0.220 e. The summed E-state index contributed by atoms with van der Waals surface area (Å²) in [5.74, 6) is 2.39. The highest BCUT2D eigenvalue weighted by Crippen LogP contribution is 2.23. The molecule has 3 rings (SSSR count). The summed E-state index contributed by atoms with van der Waals surface area (Å²) in [6.07, 6.45) is 3.80. The van der Waals surface area contributed by atoms with Gasteiger partial charge in [0, 0.05) is 25.1 Å². The molecular formula is C23H30N2O3. The van der Waals surface area contributed by atoms with Gasteiger partial charge in [-0.1, -0.05) is 18.2 Å². The number of aryl methyl sites for hydroxylation is 1. The van der Waals surface area contributed by atoms with E-state index in [4.69, 9.17) is 4.42 Å². The summed E-state index contributed by atoms with van der Waals surface area (Å²) in [5, 5.41) is 2.94. The van der Waals surface area contributed by atoms with Gasteiger partial charge < -0.3 is 9.73 Å². The van der Waals surface area contributed by atoms with E-state index in [-0.39, 0.29) is 11.7 Å². The number of benzene rings is 1. The quantitative estimate of drug-likeness (QED) is 0.698. The lowest BCUT2D eigenvalue weighted by molar-refractivity contribution is -0.121. The van der Waals surface area contributed by atoms with Crippen LogP contribution in [0.1, 0.15) is 60.0 Å². The Morgan fingerprint density at radius 1 is 1.25 bits per heavy atom. The van der Waals surface area contributed by atoms with E-state index in [0.29, 0.717) is 18.9 Å². The van der Waals surface area contributed by atoms with Crippen LogP contribution in [-0.2, 0) is 17.9 Å². The monoisotopic (exact) mass is 382 g/mol. The molecular weight excluding hydrogens is 352 g/mol. The molecule has 0 unspecified atom stereocenters. The third-order valence-electron chi connectivity index (χ3n) is 5.38. The fraction of sp³-hybridized carbons (Fsp3) is 0.478. The molecule has 0 saturated carbocycles. The second-order valence-corrected chi connectivity index (χ2v) is 7.83. The zero-order chi connectivity index (χ0) is 19.9. The number of amides is 1. The number of likely N-dealkylation sites (tertiary alicyclic amines) is 1. The highest BCUT2D eigenvalue weighted by Gasteiger charge is 2.21. The number of hydrogen-bond donors (Lipinski definition) is 1. The van der Waals surface area contributed by atoms with Crippen molar-refractivity contribution in [1.29, 1.82) is 0 Å². The zero-order valence-electron chi connectivity index (χ0n) is 16.9. The van der Waals surface area contributed by atoms with Gasteiger partial charge >= 0.3 is 0 Å². The molecule has 0 radical (unpaired) electrons. The van der Waals surface area contributed by atoms with Crippen molar-refractivity contribution < 1.29 is 14.0 Å². The normalized spacial score (nSPS) is 17.4. The fourth-order valence-electron chi connectivity index (χ4n) is 3.87. The minimum atomic E-state index is 0.0836. The van der Waals surface area contributed by atoms with Gasteiger partial charge in [-0.3, -0.25) is 14.5 Å². The van der Waals surface area contributed by atoms with Crippen LogP contribution in [0.5, 0.6) is 0 Å². The molecule has 1 saturated heterocycles. The molecule has 28 heavy (non-hydrogen) atoms. The number of nitrogens with one attached hydrogen (secondary N) is 1. The van der Waals surface area contributed by atoms with Gasteiger partial charge in [0.2, 0.25) is 5.91 Å². The first kappa shape index (κ1) is 20.3. The molecule has 150 valence electrons. The van der Waals surface area contributed by atoms with Crippen molar-refractivity contribution in [3.05, 3.63) is 59.0 Å². The molecule has 0 bridgehead atoms. The highest BCUT2D eigenvalue weighted by molar-refractivity contribution is 5.94. The van der Waals surface area contributed by atoms with Crippen LogP contribution in [0.15, 0.2) is 40.8 Å². The molecule has 2 aromatic rings. The topological polar surface area (TPSA) is 62.6 Å². The molecule has 1 N–H and O–H groups in total. The van der Waals surface area contributed by atoms with Crippen molar-refractivity contribution in [2.24, 2.45) is 5.92 Å². The van der Waals surface area contributed by atoms with Crippen LogP contribution in [0.25, 0.3) is 0 Å². The number of carbonyl (C=O) groups is 2. The minimum absolute atomic E-state index is 0.0836. The predicted molar refractivity (Wildman–Crippen MR) is 109 cm³/mol. The summed E-state index contributed by atoms with van der Waals surface area (Å²) in [7, 11) is 0. The van der Waals surface area contributed by atoms with Crippen LogP contribution < -0.4 is 5.32 Å². The maximum atomic E-state index is 12.1. The summed E-state index contributed by atoms with van der Waals surface area (Å²) in [6.45, 7) is 6.90. The third kappa shape index (κ3) is 6.06. The molecule has 5 nitrogen and oxygen atoms in total. The van der Waals surface area contributed by atoms with Crippen LogP contribution >= 0.6 is 0 Å². The number of nitrogens with zero attached hydrogens (tertiary/aromatic N) is 1. The van der Waals surface area contributed by atoms with E-state index in [9.17, 15) is 9.59 Å². The molecule has 2 heterocycles. The SMILES string of the molecule is CC(=O)c1cccc(CN2CCC[C@@H](CCC(=O)NCc3ccc(C)o3)C2)c1. The molecule has 1 aromatic heterocycles. The Morgan fingerprint density at radius 3 is 2.86 bits per heavy atom. The Hall–Kier alpha value is -2.40. The van der Waals surface area contributed by atoms with Crippen LogP contribution in [0.4, 0.5) is 0 Å². The number of Topliss-reactive ketones (excluding diaryl/α,β-unsaturated/α-hetero) is 1. The average Bonchev–Trinajstić information content (AvgIpc) is 3.10. The fourth-order valence-corrected chi connectivity index (χ4v) is 3.87. The van der Waals surface area contributed by atoms with E-state index in [1.807, 2.05) is 37.3 Å². The molecule has 5 heteroatoms. The molecule has 1 amide bonds. The van der Waals surface area contributed by atoms with Gasteiger partial charge in [0.05, 0.1) is 6.54 Å². The molecule has 1 fully saturated rings. The number of hydrogen-bond acceptors (Lipinski definition) is 4. The number of piperidine rings is 1. The Bertz CT molecular complexity index is 812. The lowest BCUT2D eigenvalue weighted by atomic mass is 9.93. The molecule has 1 aliphatic heterocycles. The molecule has 1 atom stereocenters.